The van der Waals surface area contributed by atoms with Crippen molar-refractivity contribution in [1.82, 2.24) is 0 Å². The van der Waals surface area contributed by atoms with Crippen LogP contribution in [-0.4, -0.2) is 11.4 Å². The summed E-state index contributed by atoms with van der Waals surface area (Å²) in [6.45, 7) is 9.47. The van der Waals surface area contributed by atoms with Crippen molar-refractivity contribution in [3.8, 4) is 0 Å². The van der Waals surface area contributed by atoms with Gasteiger partial charge in [0.15, 0.2) is 0 Å². The molecule has 0 fully saturated rings. The van der Waals surface area contributed by atoms with Gasteiger partial charge in [0.1, 0.15) is 0 Å². The zero-order valence-electron chi connectivity index (χ0n) is 11.6. The minimum absolute atomic E-state index is 0.0555. The Morgan fingerprint density at radius 3 is 2.33 bits per heavy atom. The van der Waals surface area contributed by atoms with Gasteiger partial charge in [0, 0.05) is 14.8 Å². The Bertz CT molecular complexity index is 461. The Balaban J connectivity index is 2.99. The van der Waals surface area contributed by atoms with Gasteiger partial charge < -0.3 is 11.1 Å². The van der Waals surface area contributed by atoms with Gasteiger partial charge in [-0.3, -0.25) is 4.79 Å². The van der Waals surface area contributed by atoms with E-state index in [2.05, 4.69) is 27.9 Å². The number of rotatable bonds is 3. The summed E-state index contributed by atoms with van der Waals surface area (Å²) < 4.78 is 1.13. The molecule has 0 aliphatic heterocycles. The number of carbonyl (C=O) groups excluding carboxylic acids is 1. The number of nitrogens with two attached hydrogens (primary N) is 1. The second-order valence-corrected chi connectivity index (χ2v) is 6.88. The lowest BCUT2D eigenvalue weighted by Crippen LogP contribution is -2.53. The van der Waals surface area contributed by atoms with Crippen molar-refractivity contribution in [1.29, 1.82) is 0 Å². The third-order valence-corrected chi connectivity index (χ3v) is 4.86. The lowest BCUT2D eigenvalue weighted by Gasteiger charge is -2.37. The monoisotopic (exact) mass is 360 g/mol. The number of benzene rings is 1. The lowest BCUT2D eigenvalue weighted by atomic mass is 9.74. The van der Waals surface area contributed by atoms with Crippen LogP contribution in [0.4, 0.5) is 5.69 Å². The fourth-order valence-corrected chi connectivity index (χ4v) is 1.81. The molecule has 0 radical (unpaired) electrons. The minimum atomic E-state index is -0.638. The van der Waals surface area contributed by atoms with Crippen LogP contribution in [0.3, 0.4) is 0 Å². The van der Waals surface area contributed by atoms with Gasteiger partial charge in [-0.2, -0.15) is 0 Å². The number of hydrogen-bond acceptors (Lipinski definition) is 2. The van der Waals surface area contributed by atoms with Gasteiger partial charge in [-0.05, 0) is 74.9 Å². The third kappa shape index (κ3) is 3.03. The van der Waals surface area contributed by atoms with Crippen molar-refractivity contribution >= 4 is 34.2 Å². The molecule has 0 aliphatic rings. The Labute approximate surface area is 123 Å². The van der Waals surface area contributed by atoms with E-state index in [9.17, 15) is 4.79 Å². The number of halogens is 1. The molecule has 0 aromatic heterocycles. The molecule has 0 aliphatic carbocycles. The molecule has 0 heterocycles. The molecule has 1 aromatic carbocycles. The molecule has 0 bridgehead atoms. The Morgan fingerprint density at radius 2 is 1.83 bits per heavy atom. The third-order valence-electron chi connectivity index (χ3n) is 3.69. The number of nitrogens with one attached hydrogen (secondary N) is 1. The molecule has 1 rings (SSSR count). The SMILES string of the molecule is Cc1c(I)cccc1NC(=O)C(C)(C)C(C)(C)N. The van der Waals surface area contributed by atoms with Gasteiger partial charge >= 0.3 is 0 Å². The van der Waals surface area contributed by atoms with Crippen molar-refractivity contribution < 1.29 is 4.79 Å². The number of amides is 1. The van der Waals surface area contributed by atoms with Gasteiger partial charge in [0.05, 0.1) is 5.41 Å². The highest BCUT2D eigenvalue weighted by Crippen LogP contribution is 2.30. The summed E-state index contributed by atoms with van der Waals surface area (Å²) in [5, 5.41) is 2.97. The topological polar surface area (TPSA) is 55.1 Å². The smallest absolute Gasteiger partial charge is 0.231 e. The van der Waals surface area contributed by atoms with Crippen molar-refractivity contribution in [2.24, 2.45) is 11.1 Å². The Hall–Kier alpha value is -0.620. The van der Waals surface area contributed by atoms with Gasteiger partial charge in [-0.1, -0.05) is 6.07 Å². The molecule has 18 heavy (non-hydrogen) atoms. The summed E-state index contributed by atoms with van der Waals surface area (Å²) in [6, 6.07) is 5.86. The quantitative estimate of drug-likeness (QED) is 0.813. The standard InChI is InChI=1S/C14H21IN2O/c1-9-10(15)7-6-8-11(9)17-12(18)13(2,3)14(4,5)16/h6-8H,16H2,1-5H3,(H,17,18). The molecule has 100 valence electrons. The first-order valence-electron chi connectivity index (χ1n) is 5.93. The average Bonchev–Trinajstić information content (AvgIpc) is 2.23. The van der Waals surface area contributed by atoms with E-state index in [-0.39, 0.29) is 5.91 Å². The Kier molecular flexibility index (Phi) is 4.43. The van der Waals surface area contributed by atoms with Crippen LogP contribution in [0.25, 0.3) is 0 Å². The van der Waals surface area contributed by atoms with Crippen LogP contribution in [-0.2, 0) is 4.79 Å². The second-order valence-electron chi connectivity index (χ2n) is 5.71. The van der Waals surface area contributed by atoms with E-state index < -0.39 is 11.0 Å². The molecule has 0 spiro atoms. The van der Waals surface area contributed by atoms with Gasteiger partial charge in [-0.25, -0.2) is 0 Å². The van der Waals surface area contributed by atoms with E-state index in [1.54, 1.807) is 0 Å². The fraction of sp³-hybridized carbons (Fsp3) is 0.500. The first kappa shape index (κ1) is 15.4. The predicted molar refractivity (Wildman–Crippen MR) is 84.6 cm³/mol. The summed E-state index contributed by atoms with van der Waals surface area (Å²) in [4.78, 5) is 12.4. The van der Waals surface area contributed by atoms with Gasteiger partial charge in [0.2, 0.25) is 5.91 Å². The molecule has 3 nitrogen and oxygen atoms in total. The van der Waals surface area contributed by atoms with Gasteiger partial charge in [-0.15, -0.1) is 0 Å². The van der Waals surface area contributed by atoms with Crippen molar-refractivity contribution in [2.45, 2.75) is 40.2 Å². The molecule has 3 N–H and O–H groups in total. The maximum Gasteiger partial charge on any atom is 0.231 e. The largest absolute Gasteiger partial charge is 0.325 e. The van der Waals surface area contributed by atoms with E-state index in [1.165, 1.54) is 0 Å². The molecule has 0 saturated carbocycles. The fourth-order valence-electron chi connectivity index (χ4n) is 1.31. The minimum Gasteiger partial charge on any atom is -0.325 e. The van der Waals surface area contributed by atoms with Gasteiger partial charge in [0.25, 0.3) is 0 Å². The van der Waals surface area contributed by atoms with Crippen LogP contribution in [0.2, 0.25) is 0 Å². The highest BCUT2D eigenvalue weighted by atomic mass is 127. The second kappa shape index (κ2) is 5.17. The maximum atomic E-state index is 12.4. The summed E-state index contributed by atoms with van der Waals surface area (Å²) in [6.07, 6.45) is 0. The number of anilines is 1. The average molecular weight is 360 g/mol. The first-order chi connectivity index (χ1) is 8.07. The molecule has 0 saturated heterocycles. The molecule has 4 heteroatoms. The molecule has 0 atom stereocenters. The van der Waals surface area contributed by atoms with Crippen LogP contribution in [0.5, 0.6) is 0 Å². The zero-order valence-corrected chi connectivity index (χ0v) is 13.8. The Morgan fingerprint density at radius 1 is 1.28 bits per heavy atom. The summed E-state index contributed by atoms with van der Waals surface area (Å²) >= 11 is 2.26. The normalized spacial score (nSPS) is 12.4. The predicted octanol–water partition coefficient (Wildman–Crippen LogP) is 3.30. The first-order valence-corrected chi connectivity index (χ1v) is 7.00. The number of hydrogen-bond donors (Lipinski definition) is 2. The van der Waals surface area contributed by atoms with Crippen molar-refractivity contribution in [2.75, 3.05) is 5.32 Å². The highest BCUT2D eigenvalue weighted by Gasteiger charge is 2.40. The van der Waals surface area contributed by atoms with Crippen LogP contribution >= 0.6 is 22.6 Å². The zero-order chi connectivity index (χ0) is 14.1. The van der Waals surface area contributed by atoms with E-state index in [0.29, 0.717) is 0 Å². The molecule has 0 unspecified atom stereocenters. The van der Waals surface area contributed by atoms with E-state index in [4.69, 9.17) is 5.73 Å². The van der Waals surface area contributed by atoms with Crippen LogP contribution in [0, 0.1) is 15.9 Å². The van der Waals surface area contributed by atoms with Crippen LogP contribution in [0.15, 0.2) is 18.2 Å². The van der Waals surface area contributed by atoms with E-state index in [1.807, 2.05) is 52.8 Å². The van der Waals surface area contributed by atoms with E-state index >= 15 is 0 Å². The lowest BCUT2D eigenvalue weighted by molar-refractivity contribution is -0.126. The summed E-state index contributed by atoms with van der Waals surface area (Å²) in [7, 11) is 0. The van der Waals surface area contributed by atoms with E-state index in [0.717, 1.165) is 14.8 Å². The van der Waals surface area contributed by atoms with Crippen molar-refractivity contribution in [3.05, 3.63) is 27.3 Å². The van der Waals surface area contributed by atoms with Crippen LogP contribution < -0.4 is 11.1 Å². The summed E-state index contributed by atoms with van der Waals surface area (Å²) in [5.74, 6) is -0.0555. The molecule has 1 amide bonds. The molecule has 1 aromatic rings. The molecular formula is C14H21IN2O. The highest BCUT2D eigenvalue weighted by molar-refractivity contribution is 14.1. The van der Waals surface area contributed by atoms with Crippen LogP contribution in [0.1, 0.15) is 33.3 Å². The summed E-state index contributed by atoms with van der Waals surface area (Å²) in [5.41, 5.74) is 6.79. The maximum absolute atomic E-state index is 12.4. The van der Waals surface area contributed by atoms with Crippen molar-refractivity contribution in [3.63, 3.8) is 0 Å². The molecular weight excluding hydrogens is 339 g/mol. The number of carbonyl (C=O) groups is 1.